The number of hydrogen-bond acceptors (Lipinski definition) is 1. The van der Waals surface area contributed by atoms with E-state index in [4.69, 9.17) is 11.6 Å². The van der Waals surface area contributed by atoms with Crippen molar-refractivity contribution in [2.24, 2.45) is 0 Å². The van der Waals surface area contributed by atoms with Crippen LogP contribution in [0.4, 0.5) is 4.39 Å². The monoisotopic (exact) mass is 305 g/mol. The maximum absolute atomic E-state index is 14.0. The first-order chi connectivity index (χ1) is 10.2. The minimum atomic E-state index is -0.318. The molecule has 1 atom stereocenters. The summed E-state index contributed by atoms with van der Waals surface area (Å²) in [6, 6.07) is 13.8. The highest BCUT2D eigenvalue weighted by atomic mass is 35.5. The average molecular weight is 306 g/mol. The second kappa shape index (κ2) is 7.58. The molecular formula is C18H21ClFN. The Balaban J connectivity index is 2.17. The summed E-state index contributed by atoms with van der Waals surface area (Å²) in [7, 11) is 1.90. The summed E-state index contributed by atoms with van der Waals surface area (Å²) < 4.78 is 14.0. The minimum Gasteiger partial charge on any atom is -0.313 e. The summed E-state index contributed by atoms with van der Waals surface area (Å²) in [6.45, 7) is 2.17. The van der Waals surface area contributed by atoms with Crippen LogP contribution in [0.5, 0.6) is 0 Å². The molecule has 0 heterocycles. The van der Waals surface area contributed by atoms with Crippen molar-refractivity contribution in [1.82, 2.24) is 5.32 Å². The Morgan fingerprint density at radius 3 is 2.48 bits per heavy atom. The minimum absolute atomic E-state index is 0.0774. The largest absolute Gasteiger partial charge is 0.313 e. The predicted molar refractivity (Wildman–Crippen MR) is 87.4 cm³/mol. The molecule has 0 saturated heterocycles. The molecular weight excluding hydrogens is 285 g/mol. The van der Waals surface area contributed by atoms with E-state index in [0.717, 1.165) is 18.4 Å². The van der Waals surface area contributed by atoms with E-state index in [1.165, 1.54) is 5.56 Å². The van der Waals surface area contributed by atoms with Gasteiger partial charge in [-0.1, -0.05) is 61.3 Å². The van der Waals surface area contributed by atoms with Crippen molar-refractivity contribution in [1.29, 1.82) is 0 Å². The molecule has 0 aliphatic rings. The van der Waals surface area contributed by atoms with Gasteiger partial charge in [0, 0.05) is 6.04 Å². The molecule has 112 valence electrons. The highest BCUT2D eigenvalue weighted by Crippen LogP contribution is 2.24. The third-order valence-corrected chi connectivity index (χ3v) is 4.02. The van der Waals surface area contributed by atoms with E-state index in [1.807, 2.05) is 7.05 Å². The van der Waals surface area contributed by atoms with E-state index in [1.54, 1.807) is 18.2 Å². The van der Waals surface area contributed by atoms with Crippen LogP contribution in [0.25, 0.3) is 0 Å². The molecule has 0 saturated carbocycles. The van der Waals surface area contributed by atoms with Crippen LogP contribution in [-0.2, 0) is 12.8 Å². The van der Waals surface area contributed by atoms with Gasteiger partial charge in [0.05, 0.1) is 5.02 Å². The molecule has 0 aromatic heterocycles. The molecule has 0 amide bonds. The second-order valence-electron chi connectivity index (χ2n) is 5.25. The maximum Gasteiger partial charge on any atom is 0.145 e. The summed E-state index contributed by atoms with van der Waals surface area (Å²) >= 11 is 5.85. The molecule has 21 heavy (non-hydrogen) atoms. The fourth-order valence-corrected chi connectivity index (χ4v) is 2.71. The van der Waals surface area contributed by atoms with Gasteiger partial charge in [-0.3, -0.25) is 0 Å². The SMILES string of the molecule is CCCc1ccc(C(Cc2cccc(Cl)c2F)NC)cc1. The normalized spacial score (nSPS) is 12.4. The zero-order valence-corrected chi connectivity index (χ0v) is 13.3. The van der Waals surface area contributed by atoms with Crippen molar-refractivity contribution < 1.29 is 4.39 Å². The molecule has 0 radical (unpaired) electrons. The Morgan fingerprint density at radius 1 is 1.14 bits per heavy atom. The molecule has 0 spiro atoms. The number of hydrogen-bond donors (Lipinski definition) is 1. The molecule has 0 bridgehead atoms. The van der Waals surface area contributed by atoms with Gasteiger partial charge in [-0.05, 0) is 42.6 Å². The molecule has 2 rings (SSSR count). The summed E-state index contributed by atoms with van der Waals surface area (Å²) in [5.74, 6) is -0.318. The molecule has 0 aliphatic heterocycles. The number of aryl methyl sites for hydroxylation is 1. The van der Waals surface area contributed by atoms with Gasteiger partial charge in [0.25, 0.3) is 0 Å². The standard InChI is InChI=1S/C18H21ClFN/c1-3-5-13-8-10-14(11-9-13)17(21-2)12-15-6-4-7-16(19)18(15)20/h4,6-11,17,21H,3,5,12H2,1-2H3. The van der Waals surface area contributed by atoms with Gasteiger partial charge in [-0.15, -0.1) is 0 Å². The van der Waals surface area contributed by atoms with E-state index >= 15 is 0 Å². The van der Waals surface area contributed by atoms with Crippen LogP contribution < -0.4 is 5.32 Å². The number of benzene rings is 2. The summed E-state index contributed by atoms with van der Waals surface area (Å²) in [6.07, 6.45) is 2.81. The average Bonchev–Trinajstić information content (AvgIpc) is 2.50. The Morgan fingerprint density at radius 2 is 1.86 bits per heavy atom. The van der Waals surface area contributed by atoms with Crippen LogP contribution in [0.3, 0.4) is 0 Å². The topological polar surface area (TPSA) is 12.0 Å². The van der Waals surface area contributed by atoms with Gasteiger partial charge in [-0.2, -0.15) is 0 Å². The lowest BCUT2D eigenvalue weighted by molar-refractivity contribution is 0.554. The molecule has 2 aromatic rings. The predicted octanol–water partition coefficient (Wildman–Crippen LogP) is 4.93. The second-order valence-corrected chi connectivity index (χ2v) is 5.66. The summed E-state index contributed by atoms with van der Waals surface area (Å²) in [4.78, 5) is 0. The smallest absolute Gasteiger partial charge is 0.145 e. The fourth-order valence-electron chi connectivity index (χ4n) is 2.52. The molecule has 3 heteroatoms. The van der Waals surface area contributed by atoms with E-state index in [0.29, 0.717) is 12.0 Å². The van der Waals surface area contributed by atoms with Crippen LogP contribution in [0.2, 0.25) is 5.02 Å². The molecule has 1 nitrogen and oxygen atoms in total. The third-order valence-electron chi connectivity index (χ3n) is 3.72. The fraction of sp³-hybridized carbons (Fsp3) is 0.333. The van der Waals surface area contributed by atoms with E-state index in [2.05, 4.69) is 36.5 Å². The van der Waals surface area contributed by atoms with Gasteiger partial charge in [0.1, 0.15) is 5.82 Å². The van der Waals surface area contributed by atoms with E-state index < -0.39 is 0 Å². The first-order valence-corrected chi connectivity index (χ1v) is 7.72. The Bertz CT molecular complexity index is 580. The summed E-state index contributed by atoms with van der Waals surface area (Å²) in [5.41, 5.74) is 3.14. The number of nitrogens with one attached hydrogen (secondary N) is 1. The van der Waals surface area contributed by atoms with E-state index in [9.17, 15) is 4.39 Å². The van der Waals surface area contributed by atoms with Crippen molar-refractivity contribution in [2.75, 3.05) is 7.05 Å². The van der Waals surface area contributed by atoms with Crippen LogP contribution in [-0.4, -0.2) is 7.05 Å². The van der Waals surface area contributed by atoms with Crippen LogP contribution in [0.15, 0.2) is 42.5 Å². The van der Waals surface area contributed by atoms with Crippen molar-refractivity contribution in [3.63, 3.8) is 0 Å². The zero-order valence-electron chi connectivity index (χ0n) is 12.5. The Hall–Kier alpha value is -1.38. The van der Waals surface area contributed by atoms with Gasteiger partial charge >= 0.3 is 0 Å². The highest BCUT2D eigenvalue weighted by molar-refractivity contribution is 6.30. The van der Waals surface area contributed by atoms with E-state index in [-0.39, 0.29) is 16.9 Å². The van der Waals surface area contributed by atoms with Crippen LogP contribution in [0.1, 0.15) is 36.1 Å². The lowest BCUT2D eigenvalue weighted by Crippen LogP contribution is -2.19. The van der Waals surface area contributed by atoms with Crippen molar-refractivity contribution in [3.8, 4) is 0 Å². The van der Waals surface area contributed by atoms with Gasteiger partial charge in [0.2, 0.25) is 0 Å². The van der Waals surface area contributed by atoms with Crippen molar-refractivity contribution in [2.45, 2.75) is 32.2 Å². The first kappa shape index (κ1) is 16.0. The van der Waals surface area contributed by atoms with Crippen molar-refractivity contribution in [3.05, 3.63) is 70.0 Å². The quantitative estimate of drug-likeness (QED) is 0.797. The summed E-state index contributed by atoms with van der Waals surface area (Å²) in [5, 5.41) is 3.44. The van der Waals surface area contributed by atoms with Gasteiger partial charge in [-0.25, -0.2) is 4.39 Å². The maximum atomic E-state index is 14.0. The Kier molecular flexibility index (Phi) is 5.77. The molecule has 0 fully saturated rings. The lowest BCUT2D eigenvalue weighted by atomic mass is 9.97. The molecule has 1 N–H and O–H groups in total. The highest BCUT2D eigenvalue weighted by Gasteiger charge is 2.14. The molecule has 0 aliphatic carbocycles. The molecule has 2 aromatic carbocycles. The zero-order chi connectivity index (χ0) is 15.2. The lowest BCUT2D eigenvalue weighted by Gasteiger charge is -2.18. The number of likely N-dealkylation sites (N-methyl/N-ethyl adjacent to an activating group) is 1. The Labute approximate surface area is 131 Å². The van der Waals surface area contributed by atoms with Crippen molar-refractivity contribution >= 4 is 11.6 Å². The van der Waals surface area contributed by atoms with Gasteiger partial charge in [0.15, 0.2) is 0 Å². The number of halogens is 2. The van der Waals surface area contributed by atoms with Gasteiger partial charge < -0.3 is 5.32 Å². The molecule has 1 unspecified atom stereocenters. The van der Waals surface area contributed by atoms with Crippen LogP contribution in [0, 0.1) is 5.82 Å². The first-order valence-electron chi connectivity index (χ1n) is 7.34. The number of rotatable bonds is 6. The third kappa shape index (κ3) is 4.05. The van der Waals surface area contributed by atoms with Crippen LogP contribution >= 0.6 is 11.6 Å².